The molecule has 5 rings (SSSR count). The molecule has 3 heterocycles. The highest BCUT2D eigenvalue weighted by atomic mass is 19.4. The maximum atomic E-state index is 12.6. The van der Waals surface area contributed by atoms with Gasteiger partial charge in [0.25, 0.3) is 0 Å². The minimum atomic E-state index is -5.08. The van der Waals surface area contributed by atoms with Crippen molar-refractivity contribution < 1.29 is 32.2 Å². The van der Waals surface area contributed by atoms with E-state index in [4.69, 9.17) is 14.5 Å². The molecule has 36 heavy (non-hydrogen) atoms. The number of carbonyl (C=O) groups is 1. The third kappa shape index (κ3) is 4.30. The van der Waals surface area contributed by atoms with Gasteiger partial charge < -0.3 is 19.5 Å². The molecule has 4 aromatic rings. The molecule has 0 radical (unpaired) electrons. The lowest BCUT2D eigenvalue weighted by molar-refractivity contribution is -0.189. The van der Waals surface area contributed by atoms with Gasteiger partial charge in [0.1, 0.15) is 5.75 Å². The Balaban J connectivity index is 1.66. The lowest BCUT2D eigenvalue weighted by atomic mass is 9.91. The molecule has 1 aliphatic rings. The average molecular weight is 500 g/mol. The van der Waals surface area contributed by atoms with Gasteiger partial charge in [-0.05, 0) is 62.3 Å². The number of hydrogen-bond donors (Lipinski definition) is 2. The van der Waals surface area contributed by atoms with E-state index >= 15 is 0 Å². The zero-order valence-electron chi connectivity index (χ0n) is 19.5. The number of piperidine rings is 1. The van der Waals surface area contributed by atoms with E-state index < -0.39 is 12.1 Å². The van der Waals surface area contributed by atoms with Crippen molar-refractivity contribution in [2.75, 3.05) is 27.3 Å². The topological polar surface area (TPSA) is 98.4 Å². The van der Waals surface area contributed by atoms with Crippen molar-refractivity contribution in [3.8, 4) is 28.5 Å². The standard InChI is InChI=1S/C25H23F3N4O4/c1-34-18-11-16-17(12-19(18)35-2)21(13-3-5-15(6-4-13)36-24(33)25(26,27)28)30-23-20(16)22(31-32-23)14-7-9-29-10-8-14/h3-6,11-12,14,29H,7-10H2,1-2H3,(H,30,31,32). The molecule has 11 heteroatoms. The molecule has 1 saturated heterocycles. The number of halogens is 3. The van der Waals surface area contributed by atoms with Crippen LogP contribution >= 0.6 is 0 Å². The number of ether oxygens (including phenoxy) is 3. The monoisotopic (exact) mass is 500 g/mol. The van der Waals surface area contributed by atoms with Gasteiger partial charge in [0.05, 0.1) is 25.3 Å². The van der Waals surface area contributed by atoms with Gasteiger partial charge in [0.15, 0.2) is 17.1 Å². The summed E-state index contributed by atoms with van der Waals surface area (Å²) in [7, 11) is 3.10. The highest BCUT2D eigenvalue weighted by Gasteiger charge is 2.41. The Hall–Kier alpha value is -3.86. The highest BCUT2D eigenvalue weighted by molar-refractivity contribution is 6.12. The summed E-state index contributed by atoms with van der Waals surface area (Å²) in [6.07, 6.45) is -3.15. The molecule has 2 N–H and O–H groups in total. The number of rotatable bonds is 5. The molecule has 0 aliphatic carbocycles. The van der Waals surface area contributed by atoms with Gasteiger partial charge in [-0.1, -0.05) is 0 Å². The van der Waals surface area contributed by atoms with Gasteiger partial charge in [0.2, 0.25) is 0 Å². The van der Waals surface area contributed by atoms with Crippen LogP contribution in [0.5, 0.6) is 17.2 Å². The summed E-state index contributed by atoms with van der Waals surface area (Å²) in [4.78, 5) is 16.0. The van der Waals surface area contributed by atoms with Crippen molar-refractivity contribution in [2.45, 2.75) is 24.9 Å². The molecule has 0 atom stereocenters. The van der Waals surface area contributed by atoms with Crippen molar-refractivity contribution in [3.05, 3.63) is 42.1 Å². The number of nitrogens with zero attached hydrogens (tertiary/aromatic N) is 2. The van der Waals surface area contributed by atoms with Crippen LogP contribution in [0.25, 0.3) is 33.1 Å². The summed E-state index contributed by atoms with van der Waals surface area (Å²) in [5.41, 5.74) is 2.69. The van der Waals surface area contributed by atoms with Crippen molar-refractivity contribution in [2.24, 2.45) is 0 Å². The zero-order chi connectivity index (χ0) is 25.4. The molecule has 0 bridgehead atoms. The molecule has 0 saturated carbocycles. The van der Waals surface area contributed by atoms with Gasteiger partial charge in [-0.25, -0.2) is 9.78 Å². The number of carbonyl (C=O) groups excluding carboxylic acids is 1. The van der Waals surface area contributed by atoms with E-state index in [1.165, 1.54) is 19.2 Å². The van der Waals surface area contributed by atoms with Crippen LogP contribution < -0.4 is 19.5 Å². The second-order valence-corrected chi connectivity index (χ2v) is 8.49. The summed E-state index contributed by atoms with van der Waals surface area (Å²) in [6.45, 7) is 1.83. The summed E-state index contributed by atoms with van der Waals surface area (Å²) < 4.78 is 53.2. The van der Waals surface area contributed by atoms with Gasteiger partial charge in [-0.3, -0.25) is 5.10 Å². The van der Waals surface area contributed by atoms with Crippen molar-refractivity contribution >= 4 is 27.8 Å². The highest BCUT2D eigenvalue weighted by Crippen LogP contribution is 2.42. The quantitative estimate of drug-likeness (QED) is 0.302. The Labute approximate surface area is 203 Å². The van der Waals surface area contributed by atoms with Crippen molar-refractivity contribution in [1.29, 1.82) is 0 Å². The van der Waals surface area contributed by atoms with E-state index in [1.54, 1.807) is 19.2 Å². The molecule has 2 aromatic heterocycles. The lowest BCUT2D eigenvalue weighted by Gasteiger charge is -2.22. The molecule has 2 aromatic carbocycles. The fourth-order valence-corrected chi connectivity index (χ4v) is 4.61. The Morgan fingerprint density at radius 3 is 2.25 bits per heavy atom. The molecule has 188 valence electrons. The SMILES string of the molecule is COc1cc2c(-c3ccc(OC(=O)C(F)(F)F)cc3)nc3n[nH]c(C4CCNCC4)c3c2cc1OC. The van der Waals surface area contributed by atoms with Gasteiger partial charge >= 0.3 is 12.1 Å². The van der Waals surface area contributed by atoms with Gasteiger partial charge in [-0.15, -0.1) is 0 Å². The van der Waals surface area contributed by atoms with E-state index in [-0.39, 0.29) is 5.75 Å². The van der Waals surface area contributed by atoms with E-state index in [0.29, 0.717) is 34.3 Å². The Morgan fingerprint density at radius 1 is 1.00 bits per heavy atom. The number of pyridine rings is 1. The summed E-state index contributed by atoms with van der Waals surface area (Å²) in [5, 5.41) is 13.6. The number of aromatic nitrogens is 3. The van der Waals surface area contributed by atoms with E-state index in [2.05, 4.69) is 20.3 Å². The number of alkyl halides is 3. The van der Waals surface area contributed by atoms with E-state index in [1.807, 2.05) is 12.1 Å². The number of methoxy groups -OCH3 is 2. The summed E-state index contributed by atoms with van der Waals surface area (Å²) >= 11 is 0. The van der Waals surface area contributed by atoms with Crippen molar-refractivity contribution in [3.63, 3.8) is 0 Å². The third-order valence-electron chi connectivity index (χ3n) is 6.36. The van der Waals surface area contributed by atoms with Gasteiger partial charge in [-0.2, -0.15) is 18.3 Å². The Kier molecular flexibility index (Phi) is 6.17. The number of fused-ring (bicyclic) bond motifs is 3. The number of H-pyrrole nitrogens is 1. The molecule has 0 amide bonds. The largest absolute Gasteiger partial charge is 0.493 e. The second kappa shape index (κ2) is 9.30. The van der Waals surface area contributed by atoms with Crippen LogP contribution in [0.1, 0.15) is 24.5 Å². The molecule has 0 spiro atoms. The fourth-order valence-electron chi connectivity index (χ4n) is 4.61. The normalized spacial score (nSPS) is 14.8. The van der Waals surface area contributed by atoms with Crippen LogP contribution in [-0.2, 0) is 4.79 Å². The third-order valence-corrected chi connectivity index (χ3v) is 6.36. The number of esters is 1. The second-order valence-electron chi connectivity index (χ2n) is 8.49. The fraction of sp³-hybridized carbons (Fsp3) is 0.320. The number of nitrogens with one attached hydrogen (secondary N) is 2. The number of aromatic amines is 1. The van der Waals surface area contributed by atoms with Crippen molar-refractivity contribution in [1.82, 2.24) is 20.5 Å². The Morgan fingerprint density at radius 2 is 1.64 bits per heavy atom. The first-order valence-electron chi connectivity index (χ1n) is 11.3. The van der Waals surface area contributed by atoms with Gasteiger partial charge in [0, 0.05) is 27.9 Å². The van der Waals surface area contributed by atoms with Crippen LogP contribution in [-0.4, -0.2) is 54.6 Å². The maximum absolute atomic E-state index is 12.6. The summed E-state index contributed by atoms with van der Waals surface area (Å²) in [5.74, 6) is -1.15. The maximum Gasteiger partial charge on any atom is 0.491 e. The molecular weight excluding hydrogens is 477 g/mol. The smallest absolute Gasteiger partial charge is 0.491 e. The average Bonchev–Trinajstić information content (AvgIpc) is 3.32. The lowest BCUT2D eigenvalue weighted by Crippen LogP contribution is -2.27. The van der Waals surface area contributed by atoms with Crippen LogP contribution in [0.15, 0.2) is 36.4 Å². The molecule has 8 nitrogen and oxygen atoms in total. The van der Waals surface area contributed by atoms with Crippen LogP contribution in [0.4, 0.5) is 13.2 Å². The van der Waals surface area contributed by atoms with E-state index in [0.717, 1.165) is 47.8 Å². The summed E-state index contributed by atoms with van der Waals surface area (Å²) in [6, 6.07) is 9.40. The predicted molar refractivity (Wildman–Crippen MR) is 126 cm³/mol. The molecule has 0 unspecified atom stereocenters. The first-order valence-corrected chi connectivity index (χ1v) is 11.3. The first kappa shape index (κ1) is 23.9. The van der Waals surface area contributed by atoms with E-state index in [9.17, 15) is 18.0 Å². The minimum absolute atomic E-state index is 0.223. The van der Waals surface area contributed by atoms with Crippen LogP contribution in [0, 0.1) is 0 Å². The number of hydrogen-bond acceptors (Lipinski definition) is 7. The van der Waals surface area contributed by atoms with Crippen LogP contribution in [0.2, 0.25) is 0 Å². The molecular formula is C25H23F3N4O4. The first-order chi connectivity index (χ1) is 17.3. The zero-order valence-corrected chi connectivity index (χ0v) is 19.5. The molecule has 1 fully saturated rings. The molecule has 1 aliphatic heterocycles. The minimum Gasteiger partial charge on any atom is -0.493 e. The number of benzene rings is 2. The van der Waals surface area contributed by atoms with Crippen LogP contribution in [0.3, 0.4) is 0 Å². The predicted octanol–water partition coefficient (Wildman–Crippen LogP) is 4.73. The Bertz CT molecular complexity index is 1430.